The number of ketones is 1. The fraction of sp³-hybridized carbons (Fsp3) is 0.786. The van der Waals surface area contributed by atoms with E-state index in [-0.39, 0.29) is 29.9 Å². The van der Waals surface area contributed by atoms with E-state index in [1.165, 1.54) is 13.8 Å². The minimum Gasteiger partial charge on any atom is -0.465 e. The van der Waals surface area contributed by atoms with Crippen LogP contribution in [0.15, 0.2) is 0 Å². The van der Waals surface area contributed by atoms with E-state index in [2.05, 4.69) is 0 Å². The lowest BCUT2D eigenvalue weighted by molar-refractivity contribution is -0.157. The van der Waals surface area contributed by atoms with E-state index in [9.17, 15) is 14.4 Å². The molecule has 116 valence electrons. The zero-order valence-electron chi connectivity index (χ0n) is 13.1. The maximum atomic E-state index is 12.0. The van der Waals surface area contributed by atoms with Crippen molar-refractivity contribution < 1.29 is 23.9 Å². The largest absolute Gasteiger partial charge is 0.465 e. The summed E-state index contributed by atoms with van der Waals surface area (Å²) < 4.78 is 9.99. The van der Waals surface area contributed by atoms with Gasteiger partial charge >= 0.3 is 11.9 Å². The van der Waals surface area contributed by atoms with Gasteiger partial charge in [-0.05, 0) is 41.5 Å². The summed E-state index contributed by atoms with van der Waals surface area (Å²) in [6.07, 6.45) is 0. The highest BCUT2D eigenvalue weighted by molar-refractivity contribution is 8.00. The molecule has 0 aromatic rings. The molecule has 5 nitrogen and oxygen atoms in total. The van der Waals surface area contributed by atoms with Gasteiger partial charge in [0.2, 0.25) is 0 Å². The van der Waals surface area contributed by atoms with Crippen LogP contribution >= 0.6 is 11.8 Å². The van der Waals surface area contributed by atoms with Crippen LogP contribution in [0.3, 0.4) is 0 Å². The molecule has 0 aliphatic carbocycles. The maximum absolute atomic E-state index is 12.0. The molecule has 6 heteroatoms. The molecular formula is C14H24O5S. The number of hydrogen-bond acceptors (Lipinski definition) is 6. The zero-order valence-corrected chi connectivity index (χ0v) is 13.9. The fourth-order valence-electron chi connectivity index (χ4n) is 1.20. The van der Waals surface area contributed by atoms with E-state index in [0.29, 0.717) is 0 Å². The van der Waals surface area contributed by atoms with E-state index >= 15 is 0 Å². The van der Waals surface area contributed by atoms with E-state index in [1.807, 2.05) is 0 Å². The van der Waals surface area contributed by atoms with Crippen molar-refractivity contribution in [2.45, 2.75) is 47.1 Å². The van der Waals surface area contributed by atoms with Crippen LogP contribution < -0.4 is 0 Å². The van der Waals surface area contributed by atoms with E-state index in [1.54, 1.807) is 27.7 Å². The molecule has 0 fully saturated rings. The summed E-state index contributed by atoms with van der Waals surface area (Å²) in [5.41, 5.74) is -1.72. The van der Waals surface area contributed by atoms with Gasteiger partial charge in [-0.2, -0.15) is 0 Å². The SMILES string of the molecule is CCOC(=O)C(C)(C)C(=O)CSCC(=O)OC(C)(C)C. The molecule has 0 atom stereocenters. The second kappa shape index (κ2) is 7.67. The number of hydrogen-bond donors (Lipinski definition) is 0. The lowest BCUT2D eigenvalue weighted by Crippen LogP contribution is -2.36. The maximum Gasteiger partial charge on any atom is 0.319 e. The molecule has 0 aromatic heterocycles. The molecule has 20 heavy (non-hydrogen) atoms. The number of thioether (sulfide) groups is 1. The highest BCUT2D eigenvalue weighted by Gasteiger charge is 2.36. The van der Waals surface area contributed by atoms with Gasteiger partial charge in [-0.25, -0.2) is 0 Å². The summed E-state index contributed by atoms with van der Waals surface area (Å²) in [4.78, 5) is 35.1. The van der Waals surface area contributed by atoms with Crippen molar-refractivity contribution in [1.82, 2.24) is 0 Å². The summed E-state index contributed by atoms with van der Waals surface area (Å²) in [5.74, 6) is -1.01. The Balaban J connectivity index is 4.23. The van der Waals surface area contributed by atoms with Crippen molar-refractivity contribution in [1.29, 1.82) is 0 Å². The van der Waals surface area contributed by atoms with Crippen LogP contribution in [-0.2, 0) is 23.9 Å². The predicted octanol–water partition coefficient (Wildman–Crippen LogP) is 2.22. The van der Waals surface area contributed by atoms with Gasteiger partial charge in [0.1, 0.15) is 11.0 Å². The number of ether oxygens (including phenoxy) is 2. The van der Waals surface area contributed by atoms with Gasteiger partial charge in [0.05, 0.1) is 18.1 Å². The van der Waals surface area contributed by atoms with Crippen LogP contribution in [0.1, 0.15) is 41.5 Å². The molecule has 0 aliphatic heterocycles. The predicted molar refractivity (Wildman–Crippen MR) is 78.6 cm³/mol. The Morgan fingerprint density at radius 3 is 2.00 bits per heavy atom. The average molecular weight is 304 g/mol. The number of Topliss-reactive ketones (excluding diaryl/α,β-unsaturated/α-hetero) is 1. The molecule has 0 saturated heterocycles. The summed E-state index contributed by atoms with van der Waals surface area (Å²) in [6, 6.07) is 0. The van der Waals surface area contributed by atoms with Crippen LogP contribution in [0.2, 0.25) is 0 Å². The highest BCUT2D eigenvalue weighted by Crippen LogP contribution is 2.21. The summed E-state index contributed by atoms with van der Waals surface area (Å²) in [7, 11) is 0. The zero-order chi connectivity index (χ0) is 16.0. The van der Waals surface area contributed by atoms with E-state index in [0.717, 1.165) is 11.8 Å². The summed E-state index contributed by atoms with van der Waals surface area (Å²) >= 11 is 1.14. The lowest BCUT2D eigenvalue weighted by atomic mass is 9.89. The first-order chi connectivity index (χ1) is 9.00. The quantitative estimate of drug-likeness (QED) is 0.530. The molecule has 0 heterocycles. The first-order valence-corrected chi connectivity index (χ1v) is 7.66. The van der Waals surface area contributed by atoms with Gasteiger partial charge in [-0.1, -0.05) is 0 Å². The minimum absolute atomic E-state index is 0.0745. The van der Waals surface area contributed by atoms with Crippen LogP contribution in [0.4, 0.5) is 0 Å². The Morgan fingerprint density at radius 2 is 1.55 bits per heavy atom. The Morgan fingerprint density at radius 1 is 1.00 bits per heavy atom. The van der Waals surface area contributed by atoms with Crippen molar-refractivity contribution in [3.05, 3.63) is 0 Å². The van der Waals surface area contributed by atoms with E-state index in [4.69, 9.17) is 9.47 Å². The summed E-state index contributed by atoms with van der Waals surface area (Å²) in [6.45, 7) is 10.3. The van der Waals surface area contributed by atoms with Crippen molar-refractivity contribution in [3.63, 3.8) is 0 Å². The molecule has 0 radical (unpaired) electrons. The summed E-state index contributed by atoms with van der Waals surface area (Å²) in [5, 5.41) is 0. The molecular weight excluding hydrogens is 280 g/mol. The first kappa shape index (κ1) is 19.0. The molecule has 0 spiro atoms. The van der Waals surface area contributed by atoms with Crippen LogP contribution in [0.25, 0.3) is 0 Å². The average Bonchev–Trinajstić information content (AvgIpc) is 2.26. The Kier molecular flexibility index (Phi) is 7.27. The molecule has 0 N–H and O–H groups in total. The highest BCUT2D eigenvalue weighted by atomic mass is 32.2. The second-order valence-corrected chi connectivity index (χ2v) is 6.83. The second-order valence-electron chi connectivity index (χ2n) is 5.85. The Bertz CT molecular complexity index is 368. The third kappa shape index (κ3) is 6.93. The molecule has 0 saturated carbocycles. The topological polar surface area (TPSA) is 69.7 Å². The van der Waals surface area contributed by atoms with Gasteiger partial charge in [0.15, 0.2) is 5.78 Å². The normalized spacial score (nSPS) is 11.9. The monoisotopic (exact) mass is 304 g/mol. The molecule has 0 aromatic carbocycles. The smallest absolute Gasteiger partial charge is 0.319 e. The van der Waals surface area contributed by atoms with Crippen molar-refractivity contribution in [2.75, 3.05) is 18.1 Å². The van der Waals surface area contributed by atoms with Crippen molar-refractivity contribution in [3.8, 4) is 0 Å². The Labute approximate surface area is 124 Å². The molecule has 0 rings (SSSR count). The van der Waals surface area contributed by atoms with Gasteiger partial charge in [0, 0.05) is 0 Å². The third-order valence-electron chi connectivity index (χ3n) is 2.36. The van der Waals surface area contributed by atoms with Gasteiger partial charge in [-0.3, -0.25) is 14.4 Å². The number of esters is 2. The third-order valence-corrected chi connectivity index (χ3v) is 3.26. The standard InChI is InChI=1S/C14H24O5S/c1-7-18-12(17)14(5,6)10(15)8-20-9-11(16)19-13(2,3)4/h7-9H2,1-6H3. The number of carbonyl (C=O) groups is 3. The lowest BCUT2D eigenvalue weighted by Gasteiger charge is -2.21. The minimum atomic E-state index is -1.18. The first-order valence-electron chi connectivity index (χ1n) is 6.50. The van der Waals surface area contributed by atoms with Crippen molar-refractivity contribution in [2.24, 2.45) is 5.41 Å². The van der Waals surface area contributed by atoms with Crippen LogP contribution in [-0.4, -0.2) is 41.4 Å². The molecule has 0 amide bonds. The molecule has 0 aliphatic rings. The van der Waals surface area contributed by atoms with Gasteiger partial charge in [0.25, 0.3) is 0 Å². The number of rotatable bonds is 7. The van der Waals surface area contributed by atoms with Crippen LogP contribution in [0.5, 0.6) is 0 Å². The fourth-order valence-corrected chi connectivity index (χ4v) is 2.08. The molecule has 0 bridgehead atoms. The molecule has 0 unspecified atom stereocenters. The van der Waals surface area contributed by atoms with E-state index < -0.39 is 17.0 Å². The Hall–Kier alpha value is -1.04. The van der Waals surface area contributed by atoms with Gasteiger partial charge in [-0.15, -0.1) is 11.8 Å². The van der Waals surface area contributed by atoms with Crippen LogP contribution in [0, 0.1) is 5.41 Å². The van der Waals surface area contributed by atoms with Gasteiger partial charge < -0.3 is 9.47 Å². The van der Waals surface area contributed by atoms with Crippen molar-refractivity contribution >= 4 is 29.5 Å². The number of carbonyl (C=O) groups excluding carboxylic acids is 3.